The summed E-state index contributed by atoms with van der Waals surface area (Å²) in [6.07, 6.45) is 18.0. The van der Waals surface area contributed by atoms with Crippen LogP contribution in [0, 0.1) is 0 Å². The van der Waals surface area contributed by atoms with E-state index in [0.717, 1.165) is 0 Å². The minimum Gasteiger partial charge on any atom is -0.299 e. The number of allylic oxidation sites excluding steroid dienone is 8. The van der Waals surface area contributed by atoms with E-state index in [1.807, 2.05) is 18.2 Å². The molecule has 0 aliphatic carbocycles. The molecule has 0 aromatic heterocycles. The van der Waals surface area contributed by atoms with Crippen LogP contribution in [0.15, 0.2) is 81.7 Å². The van der Waals surface area contributed by atoms with E-state index in [0.29, 0.717) is 12.8 Å². The highest BCUT2D eigenvalue weighted by Crippen LogP contribution is 1.95. The molecule has 5 heteroatoms. The molecule has 92 valence electrons. The predicted molar refractivity (Wildman–Crippen MR) is 69.7 cm³/mol. The molecule has 0 fully saturated rings. The summed E-state index contributed by atoms with van der Waals surface area (Å²) in [5.74, 6) is 0.163. The van der Waals surface area contributed by atoms with Gasteiger partial charge in [0, 0.05) is 12.8 Å². The number of rotatable bonds is 0. The number of hydrogen-bond donors (Lipinski definition) is 0. The smallest absolute Gasteiger partial charge is 0.140 e. The van der Waals surface area contributed by atoms with Gasteiger partial charge in [0.05, 0.1) is 12.4 Å². The second-order valence-corrected chi connectivity index (χ2v) is 3.28. The fourth-order valence-corrected chi connectivity index (χ4v) is 1.05. The largest absolute Gasteiger partial charge is 0.299 e. The van der Waals surface area contributed by atoms with Crippen LogP contribution >= 0.6 is 0 Å². The molecule has 1 heterocycles. The molecule has 0 aromatic carbocycles. The highest BCUT2D eigenvalue weighted by atomic mass is 16.1. The summed E-state index contributed by atoms with van der Waals surface area (Å²) in [5.41, 5.74) is 0. The van der Waals surface area contributed by atoms with Gasteiger partial charge in [-0.05, 0) is 22.6 Å². The summed E-state index contributed by atoms with van der Waals surface area (Å²) in [5, 5.41) is 14.1. The summed E-state index contributed by atoms with van der Waals surface area (Å²) < 4.78 is 0. The van der Waals surface area contributed by atoms with Crippen molar-refractivity contribution >= 4 is 5.78 Å². The molecule has 0 saturated heterocycles. The fraction of sp³-hybridized carbons (Fsp3) is 0.154. The van der Waals surface area contributed by atoms with E-state index >= 15 is 0 Å². The Hall–Kier alpha value is -2.43. The van der Waals surface area contributed by atoms with Gasteiger partial charge >= 0.3 is 0 Å². The lowest BCUT2D eigenvalue weighted by molar-refractivity contribution is -0.117. The van der Waals surface area contributed by atoms with Crippen molar-refractivity contribution in [3.8, 4) is 0 Å². The Labute approximate surface area is 106 Å². The van der Waals surface area contributed by atoms with Crippen molar-refractivity contribution in [2.24, 2.45) is 20.7 Å². The summed E-state index contributed by atoms with van der Waals surface area (Å²) in [4.78, 5) is 11.4. The molecule has 1 aliphatic rings. The van der Waals surface area contributed by atoms with Gasteiger partial charge in [0.2, 0.25) is 0 Å². The lowest BCUT2D eigenvalue weighted by Crippen LogP contribution is -1.91. The molecule has 0 unspecified atom stereocenters. The van der Waals surface area contributed by atoms with Gasteiger partial charge in [0.25, 0.3) is 0 Å². The van der Waals surface area contributed by atoms with Crippen LogP contribution in [0.2, 0.25) is 0 Å². The molecule has 1 aliphatic heterocycles. The number of nitrogens with zero attached hydrogens (tertiary/aromatic N) is 4. The van der Waals surface area contributed by atoms with E-state index in [9.17, 15) is 4.79 Å². The topological polar surface area (TPSA) is 66.5 Å². The van der Waals surface area contributed by atoms with Gasteiger partial charge in [0.15, 0.2) is 0 Å². The molecule has 18 heavy (non-hydrogen) atoms. The van der Waals surface area contributed by atoms with Crippen LogP contribution < -0.4 is 0 Å². The minimum atomic E-state index is 0.163. The zero-order valence-corrected chi connectivity index (χ0v) is 9.88. The van der Waals surface area contributed by atoms with Gasteiger partial charge in [-0.1, -0.05) is 36.5 Å². The molecule has 0 aromatic rings. The Balaban J connectivity index is 2.65. The molecule has 0 bridgehead atoms. The van der Waals surface area contributed by atoms with Gasteiger partial charge < -0.3 is 0 Å². The molecule has 0 spiro atoms. The van der Waals surface area contributed by atoms with E-state index < -0.39 is 0 Å². The molecule has 0 N–H and O–H groups in total. The Kier molecular flexibility index (Phi) is 7.40. The number of carbonyl (C=O) groups is 1. The quantitative estimate of drug-likeness (QED) is 0.635. The van der Waals surface area contributed by atoms with E-state index in [1.165, 1.54) is 12.4 Å². The maximum Gasteiger partial charge on any atom is 0.140 e. The monoisotopic (exact) mass is 242 g/mol. The molecule has 5 nitrogen and oxygen atoms in total. The van der Waals surface area contributed by atoms with Crippen molar-refractivity contribution in [2.45, 2.75) is 12.8 Å². The molecule has 0 saturated carbocycles. The SMILES string of the molecule is O=C1C\C=C/C=C\C=C/N=NN=N/C=C\C=C/C1. The van der Waals surface area contributed by atoms with Gasteiger partial charge in [-0.25, -0.2) is 0 Å². The summed E-state index contributed by atoms with van der Waals surface area (Å²) in [6, 6.07) is 0. The van der Waals surface area contributed by atoms with E-state index in [1.54, 1.807) is 30.4 Å². The van der Waals surface area contributed by atoms with E-state index in [2.05, 4.69) is 20.7 Å². The first kappa shape index (κ1) is 13.6. The molecular formula is C13H14N4O. The van der Waals surface area contributed by atoms with Gasteiger partial charge in [0.1, 0.15) is 5.78 Å². The first-order valence-electron chi connectivity index (χ1n) is 5.51. The van der Waals surface area contributed by atoms with Crippen LogP contribution in [-0.2, 0) is 4.79 Å². The summed E-state index contributed by atoms with van der Waals surface area (Å²) in [7, 11) is 0. The van der Waals surface area contributed by atoms with Crippen molar-refractivity contribution in [1.29, 1.82) is 0 Å². The van der Waals surface area contributed by atoms with Crippen LogP contribution in [0.4, 0.5) is 0 Å². The maximum atomic E-state index is 11.4. The van der Waals surface area contributed by atoms with E-state index in [-0.39, 0.29) is 5.78 Å². The Morgan fingerprint density at radius 1 is 0.722 bits per heavy atom. The van der Waals surface area contributed by atoms with Gasteiger partial charge in [-0.3, -0.25) is 4.79 Å². The zero-order valence-electron chi connectivity index (χ0n) is 9.88. The van der Waals surface area contributed by atoms with Crippen LogP contribution in [-0.4, -0.2) is 5.78 Å². The minimum absolute atomic E-state index is 0.163. The van der Waals surface area contributed by atoms with Crippen LogP contribution in [0.25, 0.3) is 0 Å². The average Bonchev–Trinajstić information content (AvgIpc) is 2.37. The van der Waals surface area contributed by atoms with Crippen molar-refractivity contribution in [3.05, 3.63) is 61.0 Å². The van der Waals surface area contributed by atoms with Crippen molar-refractivity contribution in [2.75, 3.05) is 0 Å². The van der Waals surface area contributed by atoms with Crippen LogP contribution in [0.5, 0.6) is 0 Å². The zero-order chi connectivity index (χ0) is 12.9. The second-order valence-electron chi connectivity index (χ2n) is 3.28. The number of carbonyl (C=O) groups excluding carboxylic acids is 1. The highest BCUT2D eigenvalue weighted by molar-refractivity contribution is 5.81. The normalized spacial score (nSPS) is 26.1. The third kappa shape index (κ3) is 7.81. The number of Topliss-reactive ketones (excluding diaryl/α,β-unsaturated/α-hetero) is 1. The highest BCUT2D eigenvalue weighted by Gasteiger charge is 1.93. The lowest BCUT2D eigenvalue weighted by Gasteiger charge is -1.88. The summed E-state index contributed by atoms with van der Waals surface area (Å²) >= 11 is 0. The van der Waals surface area contributed by atoms with Crippen molar-refractivity contribution < 1.29 is 4.79 Å². The summed E-state index contributed by atoms with van der Waals surface area (Å²) in [6.45, 7) is 0. The fourth-order valence-electron chi connectivity index (χ4n) is 1.05. The number of ketones is 1. The molecule has 0 amide bonds. The van der Waals surface area contributed by atoms with Crippen molar-refractivity contribution in [1.82, 2.24) is 0 Å². The first-order chi connectivity index (χ1) is 8.89. The molecular weight excluding hydrogens is 228 g/mol. The number of hydrogen-bond acceptors (Lipinski definition) is 5. The van der Waals surface area contributed by atoms with Gasteiger partial charge in [-0.15, -0.1) is 10.2 Å². The molecule has 1 rings (SSSR count). The average molecular weight is 242 g/mol. The van der Waals surface area contributed by atoms with Crippen LogP contribution in [0.3, 0.4) is 0 Å². The maximum absolute atomic E-state index is 11.4. The molecule has 0 atom stereocenters. The Morgan fingerprint density at radius 3 is 1.89 bits per heavy atom. The molecule has 0 radical (unpaired) electrons. The van der Waals surface area contributed by atoms with E-state index in [4.69, 9.17) is 0 Å². The second kappa shape index (κ2) is 9.77. The Morgan fingerprint density at radius 2 is 1.22 bits per heavy atom. The van der Waals surface area contributed by atoms with Gasteiger partial charge in [-0.2, -0.15) is 0 Å². The predicted octanol–water partition coefficient (Wildman–Crippen LogP) is 3.86. The lowest BCUT2D eigenvalue weighted by atomic mass is 10.2. The third-order valence-electron chi connectivity index (χ3n) is 1.86. The standard InChI is InChI=1S/C13H14N4O/c18-13-9-5-2-1-3-7-11-14-16-17-15-12-8-4-6-10-13/h1-8,11-12H,9-10H2/b3-1-,5-2-,6-4-,11-7-,12-8-,16-14?,17-15?. The van der Waals surface area contributed by atoms with Crippen LogP contribution in [0.1, 0.15) is 12.8 Å². The first-order valence-corrected chi connectivity index (χ1v) is 5.51. The Bertz CT molecular complexity index is 414. The third-order valence-corrected chi connectivity index (χ3v) is 1.86. The van der Waals surface area contributed by atoms with Crippen molar-refractivity contribution in [3.63, 3.8) is 0 Å².